The number of aryl methyl sites for hydroxylation is 1. The first kappa shape index (κ1) is 11.3. The summed E-state index contributed by atoms with van der Waals surface area (Å²) in [5.41, 5.74) is 0.347. The lowest BCUT2D eigenvalue weighted by molar-refractivity contribution is 0.0298. The minimum atomic E-state index is -0.115. The largest absolute Gasteiger partial charge is 0.378 e. The van der Waals surface area contributed by atoms with Crippen molar-refractivity contribution in [2.24, 2.45) is 0 Å². The molecule has 1 saturated heterocycles. The molecule has 0 bridgehead atoms. The summed E-state index contributed by atoms with van der Waals surface area (Å²) in [6, 6.07) is 1.49. The van der Waals surface area contributed by atoms with E-state index in [4.69, 9.17) is 16.3 Å². The van der Waals surface area contributed by atoms with Crippen molar-refractivity contribution in [2.45, 2.75) is 6.92 Å². The Morgan fingerprint density at radius 3 is 2.75 bits per heavy atom. The van der Waals surface area contributed by atoms with Gasteiger partial charge in [-0.25, -0.2) is 9.97 Å². The molecule has 5 nitrogen and oxygen atoms in total. The third-order valence-corrected chi connectivity index (χ3v) is 2.52. The number of morpholine rings is 1. The fraction of sp³-hybridized carbons (Fsp3) is 0.500. The fourth-order valence-corrected chi connectivity index (χ4v) is 1.79. The lowest BCUT2D eigenvalue weighted by Gasteiger charge is -2.26. The number of amides is 1. The van der Waals surface area contributed by atoms with Crippen molar-refractivity contribution < 1.29 is 9.53 Å². The first-order valence-corrected chi connectivity index (χ1v) is 5.43. The second-order valence-electron chi connectivity index (χ2n) is 3.53. The Morgan fingerprint density at radius 1 is 1.44 bits per heavy atom. The van der Waals surface area contributed by atoms with Crippen LogP contribution >= 0.6 is 11.6 Å². The molecule has 0 unspecified atom stereocenters. The zero-order chi connectivity index (χ0) is 11.5. The van der Waals surface area contributed by atoms with E-state index < -0.39 is 0 Å². The summed E-state index contributed by atoms with van der Waals surface area (Å²) in [4.78, 5) is 21.7. The average Bonchev–Trinajstić information content (AvgIpc) is 2.28. The third kappa shape index (κ3) is 2.48. The molecule has 0 radical (unpaired) electrons. The van der Waals surface area contributed by atoms with E-state index in [1.807, 2.05) is 0 Å². The van der Waals surface area contributed by atoms with Gasteiger partial charge in [0, 0.05) is 19.2 Å². The lowest BCUT2D eigenvalue weighted by Crippen LogP contribution is -2.41. The first-order valence-electron chi connectivity index (χ1n) is 5.05. The molecule has 2 heterocycles. The van der Waals surface area contributed by atoms with Crippen molar-refractivity contribution in [3.05, 3.63) is 22.7 Å². The van der Waals surface area contributed by atoms with Crippen molar-refractivity contribution >= 4 is 17.5 Å². The van der Waals surface area contributed by atoms with Gasteiger partial charge in [0.25, 0.3) is 5.91 Å². The number of nitrogens with zero attached hydrogens (tertiary/aromatic N) is 3. The van der Waals surface area contributed by atoms with E-state index in [0.29, 0.717) is 43.0 Å². The third-order valence-electron chi connectivity index (χ3n) is 2.32. The van der Waals surface area contributed by atoms with E-state index in [1.54, 1.807) is 11.8 Å². The summed E-state index contributed by atoms with van der Waals surface area (Å²) in [5.74, 6) is 0.389. The molecule has 0 N–H and O–H groups in total. The Labute approximate surface area is 98.4 Å². The average molecular weight is 242 g/mol. The second-order valence-corrected chi connectivity index (χ2v) is 3.91. The van der Waals surface area contributed by atoms with Crippen LogP contribution in [-0.2, 0) is 4.74 Å². The highest BCUT2D eigenvalue weighted by molar-refractivity contribution is 6.29. The van der Waals surface area contributed by atoms with Crippen LogP contribution in [-0.4, -0.2) is 47.1 Å². The van der Waals surface area contributed by atoms with E-state index in [-0.39, 0.29) is 5.91 Å². The van der Waals surface area contributed by atoms with Gasteiger partial charge < -0.3 is 9.64 Å². The quantitative estimate of drug-likeness (QED) is 0.686. The summed E-state index contributed by atoms with van der Waals surface area (Å²) in [5, 5.41) is 0.295. The summed E-state index contributed by atoms with van der Waals surface area (Å²) in [7, 11) is 0. The Balaban J connectivity index is 2.19. The van der Waals surface area contributed by atoms with Crippen molar-refractivity contribution in [1.82, 2.24) is 14.9 Å². The maximum Gasteiger partial charge on any atom is 0.272 e. The van der Waals surface area contributed by atoms with Crippen LogP contribution in [0, 0.1) is 6.92 Å². The fourth-order valence-electron chi connectivity index (χ4n) is 1.57. The monoisotopic (exact) mass is 241 g/mol. The van der Waals surface area contributed by atoms with Crippen molar-refractivity contribution in [1.29, 1.82) is 0 Å². The maximum absolute atomic E-state index is 12.0. The van der Waals surface area contributed by atoms with Gasteiger partial charge in [0.05, 0.1) is 13.2 Å². The number of hydrogen-bond acceptors (Lipinski definition) is 4. The van der Waals surface area contributed by atoms with Crippen LogP contribution in [0.5, 0.6) is 0 Å². The predicted octanol–water partition coefficient (Wildman–Crippen LogP) is 0.911. The van der Waals surface area contributed by atoms with Gasteiger partial charge in [-0.2, -0.15) is 0 Å². The summed E-state index contributed by atoms with van der Waals surface area (Å²) in [6.07, 6.45) is 0. The molecule has 86 valence electrons. The summed E-state index contributed by atoms with van der Waals surface area (Å²) < 4.78 is 5.18. The van der Waals surface area contributed by atoms with E-state index in [9.17, 15) is 4.79 Å². The van der Waals surface area contributed by atoms with Crippen LogP contribution in [0.3, 0.4) is 0 Å². The van der Waals surface area contributed by atoms with Gasteiger partial charge in [-0.1, -0.05) is 11.6 Å². The molecule has 1 aromatic rings. The molecule has 0 aromatic carbocycles. The highest BCUT2D eigenvalue weighted by Gasteiger charge is 2.20. The van der Waals surface area contributed by atoms with Crippen LogP contribution in [0.25, 0.3) is 0 Å². The molecular weight excluding hydrogens is 230 g/mol. The van der Waals surface area contributed by atoms with E-state index >= 15 is 0 Å². The Kier molecular flexibility index (Phi) is 3.36. The van der Waals surface area contributed by atoms with Gasteiger partial charge in [-0.05, 0) is 6.92 Å². The Bertz CT molecular complexity index is 385. The SMILES string of the molecule is Cc1nc(Cl)cc(C(=O)N2CCOCC2)n1. The number of carbonyl (C=O) groups excluding carboxylic acids is 1. The number of ether oxygens (including phenoxy) is 1. The number of rotatable bonds is 1. The minimum Gasteiger partial charge on any atom is -0.378 e. The van der Waals surface area contributed by atoms with Crippen molar-refractivity contribution in [3.8, 4) is 0 Å². The Morgan fingerprint density at radius 2 is 2.12 bits per heavy atom. The molecule has 1 aliphatic rings. The van der Waals surface area contributed by atoms with Gasteiger partial charge in [-0.3, -0.25) is 4.79 Å². The molecule has 0 spiro atoms. The summed E-state index contributed by atoms with van der Waals surface area (Å²) >= 11 is 5.79. The van der Waals surface area contributed by atoms with Gasteiger partial charge in [-0.15, -0.1) is 0 Å². The highest BCUT2D eigenvalue weighted by Crippen LogP contribution is 2.10. The van der Waals surface area contributed by atoms with Crippen LogP contribution in [0.15, 0.2) is 6.07 Å². The highest BCUT2D eigenvalue weighted by atomic mass is 35.5. The minimum absolute atomic E-state index is 0.115. The van der Waals surface area contributed by atoms with Gasteiger partial charge >= 0.3 is 0 Å². The lowest BCUT2D eigenvalue weighted by atomic mass is 10.3. The molecular formula is C10H12ClN3O2. The normalized spacial score (nSPS) is 16.2. The molecule has 1 fully saturated rings. The van der Waals surface area contributed by atoms with Crippen molar-refractivity contribution in [2.75, 3.05) is 26.3 Å². The first-order chi connectivity index (χ1) is 7.66. The van der Waals surface area contributed by atoms with Crippen LogP contribution in [0.4, 0.5) is 0 Å². The van der Waals surface area contributed by atoms with Gasteiger partial charge in [0.2, 0.25) is 0 Å². The molecule has 1 aliphatic heterocycles. The standard InChI is InChI=1S/C10H12ClN3O2/c1-7-12-8(6-9(11)13-7)10(15)14-2-4-16-5-3-14/h6H,2-5H2,1H3. The van der Waals surface area contributed by atoms with E-state index in [0.717, 1.165) is 0 Å². The topological polar surface area (TPSA) is 55.3 Å². The molecule has 16 heavy (non-hydrogen) atoms. The number of carbonyl (C=O) groups is 1. The smallest absolute Gasteiger partial charge is 0.272 e. The molecule has 6 heteroatoms. The molecule has 0 saturated carbocycles. The Hall–Kier alpha value is -1.20. The van der Waals surface area contributed by atoms with Gasteiger partial charge in [0.1, 0.15) is 16.7 Å². The zero-order valence-corrected chi connectivity index (χ0v) is 9.70. The van der Waals surface area contributed by atoms with Gasteiger partial charge in [0.15, 0.2) is 0 Å². The molecule has 2 rings (SSSR count). The molecule has 0 aliphatic carbocycles. The van der Waals surface area contributed by atoms with Crippen molar-refractivity contribution in [3.63, 3.8) is 0 Å². The van der Waals surface area contributed by atoms with Crippen LogP contribution in [0.1, 0.15) is 16.3 Å². The number of aromatic nitrogens is 2. The molecule has 1 aromatic heterocycles. The van der Waals surface area contributed by atoms with Crippen LogP contribution in [0.2, 0.25) is 5.15 Å². The molecule has 1 amide bonds. The summed E-state index contributed by atoms with van der Waals surface area (Å²) in [6.45, 7) is 4.05. The molecule has 0 atom stereocenters. The predicted molar refractivity (Wildman–Crippen MR) is 58.5 cm³/mol. The number of hydrogen-bond donors (Lipinski definition) is 0. The maximum atomic E-state index is 12.0. The van der Waals surface area contributed by atoms with E-state index in [1.165, 1.54) is 6.07 Å². The van der Waals surface area contributed by atoms with E-state index in [2.05, 4.69) is 9.97 Å². The number of halogens is 1. The van der Waals surface area contributed by atoms with Crippen LogP contribution < -0.4 is 0 Å². The zero-order valence-electron chi connectivity index (χ0n) is 8.94. The second kappa shape index (κ2) is 4.76.